The molecule has 4 nitrogen and oxygen atoms in total. The highest BCUT2D eigenvalue weighted by atomic mass is 16.2. The molecule has 0 unspecified atom stereocenters. The monoisotopic (exact) mass is 223 g/mol. The fraction of sp³-hybridized carbons (Fsp3) is 0.833. The highest BCUT2D eigenvalue weighted by molar-refractivity contribution is 4.92. The van der Waals surface area contributed by atoms with Crippen LogP contribution in [-0.2, 0) is 18.5 Å². The van der Waals surface area contributed by atoms with Gasteiger partial charge in [0.05, 0.1) is 5.54 Å². The quantitative estimate of drug-likeness (QED) is 0.674. The molecular weight excluding hydrogens is 202 g/mol. The summed E-state index contributed by atoms with van der Waals surface area (Å²) in [6.45, 7) is 6.91. The van der Waals surface area contributed by atoms with E-state index in [9.17, 15) is 4.79 Å². The van der Waals surface area contributed by atoms with Gasteiger partial charge in [-0.05, 0) is 33.6 Å². The number of rotatable bonds is 0. The normalized spacial score (nSPS) is 17.7. The zero-order chi connectivity index (χ0) is 11.8. The van der Waals surface area contributed by atoms with Crippen molar-refractivity contribution in [3.8, 4) is 0 Å². The van der Waals surface area contributed by atoms with Gasteiger partial charge in [-0.25, -0.2) is 9.48 Å². The number of hydrogen-bond acceptors (Lipinski definition) is 2. The van der Waals surface area contributed by atoms with Crippen LogP contribution in [0.3, 0.4) is 0 Å². The van der Waals surface area contributed by atoms with Crippen molar-refractivity contribution < 1.29 is 0 Å². The lowest BCUT2D eigenvalue weighted by atomic mass is 10.1. The Morgan fingerprint density at radius 1 is 1.12 bits per heavy atom. The minimum atomic E-state index is -0.217. The molecule has 4 heteroatoms. The van der Waals surface area contributed by atoms with Gasteiger partial charge < -0.3 is 0 Å². The Labute approximate surface area is 96.3 Å². The number of aromatic nitrogens is 3. The molecule has 0 saturated carbocycles. The van der Waals surface area contributed by atoms with Crippen LogP contribution in [0.25, 0.3) is 0 Å². The highest BCUT2D eigenvalue weighted by Crippen LogP contribution is 2.14. The number of nitrogens with zero attached hydrogens (tertiary/aromatic N) is 3. The van der Waals surface area contributed by atoms with Crippen molar-refractivity contribution in [1.29, 1.82) is 0 Å². The molecule has 1 aliphatic heterocycles. The predicted octanol–water partition coefficient (Wildman–Crippen LogP) is 1.92. The minimum absolute atomic E-state index is 0.0596. The van der Waals surface area contributed by atoms with Crippen molar-refractivity contribution in [3.63, 3.8) is 0 Å². The van der Waals surface area contributed by atoms with Crippen molar-refractivity contribution in [2.24, 2.45) is 0 Å². The average molecular weight is 223 g/mol. The van der Waals surface area contributed by atoms with Crippen LogP contribution in [0, 0.1) is 0 Å². The van der Waals surface area contributed by atoms with Crippen LogP contribution in [0.4, 0.5) is 0 Å². The summed E-state index contributed by atoms with van der Waals surface area (Å²) in [6, 6.07) is 0. The van der Waals surface area contributed by atoms with Crippen molar-refractivity contribution >= 4 is 0 Å². The van der Waals surface area contributed by atoms with Crippen LogP contribution < -0.4 is 5.69 Å². The van der Waals surface area contributed by atoms with Gasteiger partial charge in [0, 0.05) is 13.0 Å². The Morgan fingerprint density at radius 3 is 2.50 bits per heavy atom. The van der Waals surface area contributed by atoms with Crippen LogP contribution in [-0.4, -0.2) is 14.3 Å². The molecule has 0 aliphatic carbocycles. The summed E-state index contributed by atoms with van der Waals surface area (Å²) in [5.41, 5.74) is -0.157. The summed E-state index contributed by atoms with van der Waals surface area (Å²) in [7, 11) is 0. The van der Waals surface area contributed by atoms with E-state index in [2.05, 4.69) is 5.10 Å². The standard InChI is InChI=1S/C12H21N3O/c1-12(2,3)15-11(16)14-9-7-5-4-6-8-10(14)13-15/h4-9H2,1-3H3. The molecule has 0 aromatic carbocycles. The Bertz CT molecular complexity index is 422. The molecule has 0 atom stereocenters. The fourth-order valence-electron chi connectivity index (χ4n) is 2.19. The van der Waals surface area contributed by atoms with E-state index in [0.717, 1.165) is 31.6 Å². The zero-order valence-electron chi connectivity index (χ0n) is 10.5. The van der Waals surface area contributed by atoms with Crippen LogP contribution in [0.15, 0.2) is 4.79 Å². The van der Waals surface area contributed by atoms with Crippen LogP contribution in [0.1, 0.15) is 52.3 Å². The van der Waals surface area contributed by atoms with E-state index in [1.165, 1.54) is 12.8 Å². The van der Waals surface area contributed by atoms with E-state index >= 15 is 0 Å². The summed E-state index contributed by atoms with van der Waals surface area (Å²) >= 11 is 0. The Morgan fingerprint density at radius 2 is 1.81 bits per heavy atom. The van der Waals surface area contributed by atoms with Gasteiger partial charge in [0.15, 0.2) is 0 Å². The molecule has 1 aliphatic rings. The summed E-state index contributed by atoms with van der Waals surface area (Å²) in [6.07, 6.45) is 5.69. The summed E-state index contributed by atoms with van der Waals surface area (Å²) in [5.74, 6) is 0.972. The van der Waals surface area contributed by atoms with Crippen molar-refractivity contribution in [1.82, 2.24) is 14.3 Å². The number of fused-ring (bicyclic) bond motifs is 1. The maximum atomic E-state index is 12.2. The second kappa shape index (κ2) is 4.07. The van der Waals surface area contributed by atoms with Crippen LogP contribution in [0.5, 0.6) is 0 Å². The first-order chi connectivity index (χ1) is 7.50. The van der Waals surface area contributed by atoms with Gasteiger partial charge in [-0.15, -0.1) is 0 Å². The van der Waals surface area contributed by atoms with Crippen molar-refractivity contribution in [3.05, 3.63) is 16.3 Å². The lowest BCUT2D eigenvalue weighted by molar-refractivity contribution is 0.339. The van der Waals surface area contributed by atoms with Gasteiger partial charge in [0.1, 0.15) is 5.82 Å². The summed E-state index contributed by atoms with van der Waals surface area (Å²) < 4.78 is 3.50. The molecule has 1 aromatic heterocycles. The van der Waals surface area contributed by atoms with Crippen molar-refractivity contribution in [2.75, 3.05) is 0 Å². The molecule has 0 N–H and O–H groups in total. The third-order valence-electron chi connectivity index (χ3n) is 3.11. The van der Waals surface area contributed by atoms with Gasteiger partial charge >= 0.3 is 5.69 Å². The molecule has 0 saturated heterocycles. The van der Waals surface area contributed by atoms with E-state index in [-0.39, 0.29) is 11.2 Å². The fourth-order valence-corrected chi connectivity index (χ4v) is 2.19. The summed E-state index contributed by atoms with van der Waals surface area (Å²) in [5, 5.41) is 4.49. The number of aryl methyl sites for hydroxylation is 1. The Hall–Kier alpha value is -1.06. The molecule has 0 fully saturated rings. The average Bonchev–Trinajstić information content (AvgIpc) is 2.41. The molecule has 2 rings (SSSR count). The lowest BCUT2D eigenvalue weighted by Crippen LogP contribution is -2.35. The first-order valence-corrected chi connectivity index (χ1v) is 6.19. The molecule has 0 radical (unpaired) electrons. The van der Waals surface area contributed by atoms with Crippen molar-refractivity contribution in [2.45, 2.75) is 65.0 Å². The largest absolute Gasteiger partial charge is 0.346 e. The molecule has 2 heterocycles. The predicted molar refractivity (Wildman–Crippen MR) is 63.7 cm³/mol. The van der Waals surface area contributed by atoms with Gasteiger partial charge in [-0.2, -0.15) is 5.10 Å². The SMILES string of the molecule is CC(C)(C)n1nc2n(c1=O)CCCCCC2. The second-order valence-corrected chi connectivity index (χ2v) is 5.60. The molecular formula is C12H21N3O. The van der Waals surface area contributed by atoms with Gasteiger partial charge in [-0.1, -0.05) is 12.8 Å². The maximum Gasteiger partial charge on any atom is 0.346 e. The third kappa shape index (κ3) is 2.06. The molecule has 1 aromatic rings. The van der Waals surface area contributed by atoms with Gasteiger partial charge in [-0.3, -0.25) is 4.57 Å². The van der Waals surface area contributed by atoms with Gasteiger partial charge in [0.25, 0.3) is 0 Å². The smallest absolute Gasteiger partial charge is 0.279 e. The van der Waals surface area contributed by atoms with E-state index < -0.39 is 0 Å². The van der Waals surface area contributed by atoms with E-state index in [0.29, 0.717) is 0 Å². The van der Waals surface area contributed by atoms with Crippen LogP contribution in [0.2, 0.25) is 0 Å². The van der Waals surface area contributed by atoms with E-state index in [1.807, 2.05) is 25.3 Å². The van der Waals surface area contributed by atoms with E-state index in [4.69, 9.17) is 0 Å². The maximum absolute atomic E-state index is 12.2. The Kier molecular flexibility index (Phi) is 2.91. The first kappa shape index (κ1) is 11.4. The highest BCUT2D eigenvalue weighted by Gasteiger charge is 2.22. The molecule has 0 bridgehead atoms. The zero-order valence-corrected chi connectivity index (χ0v) is 10.5. The number of hydrogen-bond donors (Lipinski definition) is 0. The Balaban J connectivity index is 2.45. The van der Waals surface area contributed by atoms with E-state index in [1.54, 1.807) is 4.68 Å². The molecule has 16 heavy (non-hydrogen) atoms. The third-order valence-corrected chi connectivity index (χ3v) is 3.11. The summed E-state index contributed by atoms with van der Waals surface area (Å²) in [4.78, 5) is 12.2. The van der Waals surface area contributed by atoms with Gasteiger partial charge in [0.2, 0.25) is 0 Å². The lowest BCUT2D eigenvalue weighted by Gasteiger charge is -2.16. The minimum Gasteiger partial charge on any atom is -0.279 e. The molecule has 0 amide bonds. The first-order valence-electron chi connectivity index (χ1n) is 6.19. The second-order valence-electron chi connectivity index (χ2n) is 5.60. The molecule has 0 spiro atoms. The topological polar surface area (TPSA) is 39.8 Å². The van der Waals surface area contributed by atoms with Crippen LogP contribution >= 0.6 is 0 Å². The molecule has 90 valence electrons.